The third-order valence-electron chi connectivity index (χ3n) is 7.09. The number of nitrogens with zero attached hydrogens (tertiary/aromatic N) is 4. The lowest BCUT2D eigenvalue weighted by molar-refractivity contribution is 0.0847. The molecule has 0 radical (unpaired) electrons. The molecule has 1 unspecified atom stereocenters. The Balaban J connectivity index is 0.00000231. The van der Waals surface area contributed by atoms with Crippen molar-refractivity contribution < 1.29 is 19.4 Å². The van der Waals surface area contributed by atoms with Crippen molar-refractivity contribution in [2.24, 2.45) is 0 Å². The van der Waals surface area contributed by atoms with E-state index in [4.69, 9.17) is 32.7 Å². The third-order valence-corrected chi connectivity index (χ3v) is 7.90. The van der Waals surface area contributed by atoms with E-state index in [1.54, 1.807) is 6.07 Å². The van der Waals surface area contributed by atoms with Crippen molar-refractivity contribution in [1.82, 2.24) is 19.8 Å². The Kier molecular flexibility index (Phi) is 11.8. The van der Waals surface area contributed by atoms with Gasteiger partial charge in [-0.05, 0) is 37.6 Å². The molecule has 1 aromatic heterocycles. The number of piperazine rings is 1. The first-order valence-electron chi connectivity index (χ1n) is 13.2. The van der Waals surface area contributed by atoms with Crippen LogP contribution in [0.1, 0.15) is 35.4 Å². The predicted octanol–water partition coefficient (Wildman–Crippen LogP) is 4.93. The molecule has 13 heteroatoms. The normalized spacial score (nSPS) is 15.2. The molecule has 9 nitrogen and oxygen atoms in total. The number of hydrogen-bond acceptors (Lipinski definition) is 7. The zero-order chi connectivity index (χ0) is 27.5. The monoisotopic (exact) mass is 645 g/mol. The molecule has 1 fully saturated rings. The Morgan fingerprint density at radius 2 is 1.83 bits per heavy atom. The van der Waals surface area contributed by atoms with E-state index in [9.17, 15) is 9.90 Å². The summed E-state index contributed by atoms with van der Waals surface area (Å²) in [5.74, 6) is 1.88. The van der Waals surface area contributed by atoms with Gasteiger partial charge in [-0.1, -0.05) is 36.2 Å². The smallest absolute Gasteiger partial charge is 0.271 e. The van der Waals surface area contributed by atoms with E-state index in [-0.39, 0.29) is 44.1 Å². The fraction of sp³-hybridized carbons (Fsp3) is 0.429. The van der Waals surface area contributed by atoms with E-state index in [1.807, 2.05) is 41.8 Å². The summed E-state index contributed by atoms with van der Waals surface area (Å²) in [6.07, 6.45) is 0.899. The molecule has 1 amide bonds. The van der Waals surface area contributed by atoms with Gasteiger partial charge in [-0.3, -0.25) is 9.69 Å². The van der Waals surface area contributed by atoms with Gasteiger partial charge in [-0.2, -0.15) is 0 Å². The van der Waals surface area contributed by atoms with Crippen LogP contribution in [0.2, 0.25) is 10.0 Å². The van der Waals surface area contributed by atoms with Gasteiger partial charge in [0.05, 0.1) is 33.2 Å². The molecular formula is C28H35Cl4N5O4. The number of carbonyl (C=O) groups excluding carboxylic acids is 1. The minimum Gasteiger partial charge on any atom is -0.454 e. The highest BCUT2D eigenvalue weighted by atomic mass is 35.5. The number of imidazole rings is 1. The Bertz CT molecular complexity index is 1350. The van der Waals surface area contributed by atoms with Gasteiger partial charge < -0.3 is 29.4 Å². The van der Waals surface area contributed by atoms with Gasteiger partial charge >= 0.3 is 0 Å². The molecule has 0 aliphatic carbocycles. The number of fused-ring (bicyclic) bond motifs is 1. The summed E-state index contributed by atoms with van der Waals surface area (Å²) in [4.78, 5) is 22.2. The molecule has 3 aromatic rings. The molecule has 5 rings (SSSR count). The molecule has 3 heterocycles. The van der Waals surface area contributed by atoms with Crippen LogP contribution in [-0.4, -0.2) is 77.6 Å². The molecule has 2 aliphatic rings. The highest BCUT2D eigenvalue weighted by Gasteiger charge is 2.24. The molecule has 224 valence electrons. The van der Waals surface area contributed by atoms with E-state index in [2.05, 4.69) is 27.0 Å². The van der Waals surface area contributed by atoms with Crippen molar-refractivity contribution in [2.75, 3.05) is 51.0 Å². The number of hydrogen-bond donors (Lipinski definition) is 2. The van der Waals surface area contributed by atoms with Crippen LogP contribution < -0.4 is 19.7 Å². The molecule has 0 spiro atoms. The van der Waals surface area contributed by atoms with Gasteiger partial charge in [0.1, 0.15) is 11.5 Å². The maximum absolute atomic E-state index is 13.1. The lowest BCUT2D eigenvalue weighted by Crippen LogP contribution is -2.50. The van der Waals surface area contributed by atoms with Crippen LogP contribution in [0.4, 0.5) is 5.69 Å². The number of amides is 1. The first-order valence-corrected chi connectivity index (χ1v) is 14.0. The summed E-state index contributed by atoms with van der Waals surface area (Å²) < 4.78 is 13.0. The minimum atomic E-state index is -0.707. The van der Waals surface area contributed by atoms with Crippen molar-refractivity contribution in [1.29, 1.82) is 0 Å². The number of ether oxygens (including phenoxy) is 2. The quantitative estimate of drug-likeness (QED) is 0.341. The van der Waals surface area contributed by atoms with E-state index >= 15 is 0 Å². The molecule has 0 saturated carbocycles. The SMILES string of the molecule is CCCc1nc(C(=O)NCC(O)CN2CCN(c3cccc(Cl)c3Cl)CC2)c(C)n1-c1ccc2c(c1)OCO2.Cl.Cl. The van der Waals surface area contributed by atoms with E-state index in [1.165, 1.54) is 0 Å². The summed E-state index contributed by atoms with van der Waals surface area (Å²) in [6.45, 7) is 7.85. The maximum Gasteiger partial charge on any atom is 0.271 e. The second-order valence-corrected chi connectivity index (χ2v) is 10.6. The van der Waals surface area contributed by atoms with Crippen molar-refractivity contribution in [3.05, 3.63) is 63.7 Å². The van der Waals surface area contributed by atoms with Crippen LogP contribution >= 0.6 is 48.0 Å². The number of nitrogens with one attached hydrogen (secondary N) is 1. The van der Waals surface area contributed by atoms with Crippen LogP contribution in [0, 0.1) is 6.92 Å². The summed E-state index contributed by atoms with van der Waals surface area (Å²) in [5.41, 5.74) is 2.88. The van der Waals surface area contributed by atoms with Crippen LogP contribution in [0.5, 0.6) is 11.5 Å². The predicted molar refractivity (Wildman–Crippen MR) is 166 cm³/mol. The third kappa shape index (κ3) is 7.34. The fourth-order valence-corrected chi connectivity index (χ4v) is 5.51. The van der Waals surface area contributed by atoms with Gasteiger partial charge in [-0.15, -0.1) is 24.8 Å². The number of anilines is 1. The van der Waals surface area contributed by atoms with Crippen molar-refractivity contribution in [3.63, 3.8) is 0 Å². The van der Waals surface area contributed by atoms with Crippen LogP contribution in [0.3, 0.4) is 0 Å². The van der Waals surface area contributed by atoms with Gasteiger partial charge in [0.15, 0.2) is 11.5 Å². The second kappa shape index (κ2) is 14.7. The average molecular weight is 647 g/mol. The Labute approximate surface area is 262 Å². The number of aliphatic hydroxyl groups is 1. The average Bonchev–Trinajstić information content (AvgIpc) is 3.53. The van der Waals surface area contributed by atoms with Crippen LogP contribution in [0.25, 0.3) is 5.69 Å². The molecule has 2 N–H and O–H groups in total. The zero-order valence-electron chi connectivity index (χ0n) is 22.9. The Hall–Kier alpha value is -2.40. The highest BCUT2D eigenvalue weighted by Crippen LogP contribution is 2.35. The first-order chi connectivity index (χ1) is 18.9. The lowest BCUT2D eigenvalue weighted by atomic mass is 10.2. The second-order valence-electron chi connectivity index (χ2n) is 9.81. The standard InChI is InChI=1S/C28H33Cl2N5O4.2ClH/c1-3-5-25-32-27(18(2)35(25)19-8-9-23-24(14-19)39-17-38-23)28(37)31-15-20(36)16-33-10-12-34(13-11-33)22-7-4-6-21(29)26(22)30;;/h4,6-9,14,20,36H,3,5,10-13,15-17H2,1-2H3,(H,31,37);2*1H. The summed E-state index contributed by atoms with van der Waals surface area (Å²) >= 11 is 12.6. The molecule has 2 aromatic carbocycles. The van der Waals surface area contributed by atoms with E-state index in [0.29, 0.717) is 33.8 Å². The molecular weight excluding hydrogens is 612 g/mol. The number of rotatable bonds is 9. The van der Waals surface area contributed by atoms with Crippen molar-refractivity contribution in [3.8, 4) is 17.2 Å². The number of aryl methyl sites for hydroxylation is 1. The molecule has 1 saturated heterocycles. The highest BCUT2D eigenvalue weighted by molar-refractivity contribution is 6.43. The number of β-amino-alcohol motifs (C(OH)–C–C–N with tert-alkyl or cyclic N) is 1. The number of carbonyl (C=O) groups is 1. The zero-order valence-corrected chi connectivity index (χ0v) is 26.1. The Morgan fingerprint density at radius 1 is 1.10 bits per heavy atom. The topological polar surface area (TPSA) is 92.1 Å². The first kappa shape index (κ1) is 33.1. The number of benzene rings is 2. The minimum absolute atomic E-state index is 0. The molecule has 1 atom stereocenters. The summed E-state index contributed by atoms with van der Waals surface area (Å²) in [5, 5.41) is 14.7. The molecule has 41 heavy (non-hydrogen) atoms. The lowest BCUT2D eigenvalue weighted by Gasteiger charge is -2.37. The number of aliphatic hydroxyl groups excluding tert-OH is 1. The fourth-order valence-electron chi connectivity index (χ4n) is 5.10. The number of halogens is 4. The number of aromatic nitrogens is 2. The summed E-state index contributed by atoms with van der Waals surface area (Å²) in [7, 11) is 0. The summed E-state index contributed by atoms with van der Waals surface area (Å²) in [6, 6.07) is 11.4. The van der Waals surface area contributed by atoms with Gasteiger partial charge in [0.2, 0.25) is 6.79 Å². The van der Waals surface area contributed by atoms with Crippen molar-refractivity contribution >= 4 is 59.6 Å². The van der Waals surface area contributed by atoms with Crippen molar-refractivity contribution in [2.45, 2.75) is 32.8 Å². The van der Waals surface area contributed by atoms with Crippen LogP contribution in [-0.2, 0) is 6.42 Å². The van der Waals surface area contributed by atoms with E-state index < -0.39 is 6.10 Å². The van der Waals surface area contributed by atoms with Gasteiger partial charge in [0, 0.05) is 51.8 Å². The van der Waals surface area contributed by atoms with Gasteiger partial charge in [-0.25, -0.2) is 4.98 Å². The van der Waals surface area contributed by atoms with E-state index in [0.717, 1.165) is 61.9 Å². The maximum atomic E-state index is 13.1. The molecule has 0 bridgehead atoms. The van der Waals surface area contributed by atoms with Gasteiger partial charge in [0.25, 0.3) is 5.91 Å². The Morgan fingerprint density at radius 3 is 2.56 bits per heavy atom. The largest absolute Gasteiger partial charge is 0.454 e. The molecule has 2 aliphatic heterocycles. The van der Waals surface area contributed by atoms with Crippen LogP contribution in [0.15, 0.2) is 36.4 Å².